The molecule has 0 aromatic heterocycles. The van der Waals surface area contributed by atoms with Crippen LogP contribution in [-0.4, -0.2) is 30.9 Å². The van der Waals surface area contributed by atoms with Crippen LogP contribution in [0.15, 0.2) is 18.2 Å². The van der Waals surface area contributed by atoms with E-state index in [1.165, 1.54) is 6.07 Å². The van der Waals surface area contributed by atoms with Gasteiger partial charge in [-0.05, 0) is 18.7 Å². The van der Waals surface area contributed by atoms with Crippen molar-refractivity contribution in [1.82, 2.24) is 5.32 Å². The summed E-state index contributed by atoms with van der Waals surface area (Å²) in [5.41, 5.74) is 0. The number of aliphatic hydroxyl groups is 1. The van der Waals surface area contributed by atoms with Crippen molar-refractivity contribution in [3.63, 3.8) is 0 Å². The largest absolute Gasteiger partial charge is 0.489 e. The minimum atomic E-state index is -0.742. The van der Waals surface area contributed by atoms with Gasteiger partial charge in [0.05, 0.1) is 12.6 Å². The van der Waals surface area contributed by atoms with Crippen LogP contribution in [0.2, 0.25) is 0 Å². The molecule has 0 amide bonds. The van der Waals surface area contributed by atoms with Crippen LogP contribution >= 0.6 is 0 Å². The lowest BCUT2D eigenvalue weighted by molar-refractivity contribution is 0.181. The fourth-order valence-electron chi connectivity index (χ4n) is 1.25. The highest BCUT2D eigenvalue weighted by atomic mass is 19.1. The third kappa shape index (κ3) is 3.75. The van der Waals surface area contributed by atoms with Gasteiger partial charge in [0.15, 0.2) is 11.6 Å². The first-order valence-electron chi connectivity index (χ1n) is 5.09. The topological polar surface area (TPSA) is 41.5 Å². The van der Waals surface area contributed by atoms with Gasteiger partial charge in [0.1, 0.15) is 12.4 Å². The zero-order valence-electron chi connectivity index (χ0n) is 9.04. The van der Waals surface area contributed by atoms with Crippen molar-refractivity contribution in [2.75, 3.05) is 19.8 Å². The second-order valence-electron chi connectivity index (χ2n) is 3.32. The average Bonchev–Trinajstić information content (AvgIpc) is 2.26. The molecule has 0 heterocycles. The summed E-state index contributed by atoms with van der Waals surface area (Å²) in [6.45, 7) is 2.60. The average molecular weight is 231 g/mol. The van der Waals surface area contributed by atoms with Crippen molar-refractivity contribution >= 4 is 0 Å². The predicted molar refractivity (Wildman–Crippen MR) is 56.4 cm³/mol. The molecule has 1 rings (SSSR count). The molecule has 0 radical (unpaired) electrons. The molecule has 3 nitrogen and oxygen atoms in total. The second kappa shape index (κ2) is 6.40. The molecule has 1 aromatic rings. The van der Waals surface area contributed by atoms with E-state index in [1.54, 1.807) is 0 Å². The number of ether oxygens (including phenoxy) is 1. The van der Waals surface area contributed by atoms with Crippen molar-refractivity contribution in [3.8, 4) is 5.75 Å². The van der Waals surface area contributed by atoms with E-state index in [9.17, 15) is 8.78 Å². The van der Waals surface area contributed by atoms with Crippen molar-refractivity contribution < 1.29 is 18.6 Å². The highest BCUT2D eigenvalue weighted by Gasteiger charge is 2.09. The zero-order chi connectivity index (χ0) is 12.0. The van der Waals surface area contributed by atoms with Crippen LogP contribution in [0.3, 0.4) is 0 Å². The Morgan fingerprint density at radius 1 is 1.44 bits per heavy atom. The molecule has 90 valence electrons. The minimum Gasteiger partial charge on any atom is -0.489 e. The Balaban J connectivity index is 2.53. The highest BCUT2D eigenvalue weighted by Crippen LogP contribution is 2.17. The summed E-state index contributed by atoms with van der Waals surface area (Å²) >= 11 is 0. The molecule has 0 aliphatic rings. The lowest BCUT2D eigenvalue weighted by Gasteiger charge is -2.16. The van der Waals surface area contributed by atoms with E-state index in [0.717, 1.165) is 12.1 Å². The molecule has 2 N–H and O–H groups in total. The summed E-state index contributed by atoms with van der Waals surface area (Å²) in [5.74, 6) is -1.40. The quantitative estimate of drug-likeness (QED) is 0.775. The number of aliphatic hydroxyl groups excluding tert-OH is 1. The fraction of sp³-hybridized carbons (Fsp3) is 0.455. The zero-order valence-corrected chi connectivity index (χ0v) is 9.04. The van der Waals surface area contributed by atoms with Crippen molar-refractivity contribution in [3.05, 3.63) is 29.8 Å². The molecule has 1 aromatic carbocycles. The van der Waals surface area contributed by atoms with Crippen LogP contribution in [0.4, 0.5) is 8.78 Å². The predicted octanol–water partition coefficient (Wildman–Crippen LogP) is 1.31. The lowest BCUT2D eigenvalue weighted by Crippen LogP contribution is -2.37. The third-order valence-electron chi connectivity index (χ3n) is 2.05. The number of nitrogens with one attached hydrogen (secondary N) is 1. The first kappa shape index (κ1) is 12.9. The Morgan fingerprint density at radius 3 is 2.75 bits per heavy atom. The molecule has 0 bridgehead atoms. The van der Waals surface area contributed by atoms with Crippen molar-refractivity contribution in [2.45, 2.75) is 13.0 Å². The van der Waals surface area contributed by atoms with Crippen molar-refractivity contribution in [1.29, 1.82) is 0 Å². The number of rotatable bonds is 6. The molecule has 0 saturated heterocycles. The molecule has 1 atom stereocenters. The molecule has 0 fully saturated rings. The number of halogens is 2. The molecular formula is C11H15F2NO2. The maximum atomic E-state index is 13.1. The van der Waals surface area contributed by atoms with E-state index in [1.807, 2.05) is 6.92 Å². The Morgan fingerprint density at radius 2 is 2.19 bits per heavy atom. The van der Waals surface area contributed by atoms with Crippen LogP contribution in [0.1, 0.15) is 6.92 Å². The smallest absolute Gasteiger partial charge is 0.167 e. The van der Waals surface area contributed by atoms with E-state index in [2.05, 4.69) is 5.32 Å². The number of likely N-dealkylation sites (N-methyl/N-ethyl adjacent to an activating group) is 1. The van der Waals surface area contributed by atoms with E-state index in [0.29, 0.717) is 6.54 Å². The van der Waals surface area contributed by atoms with Crippen molar-refractivity contribution in [2.24, 2.45) is 0 Å². The number of benzene rings is 1. The summed E-state index contributed by atoms with van der Waals surface area (Å²) in [5, 5.41) is 11.9. The van der Waals surface area contributed by atoms with E-state index in [-0.39, 0.29) is 25.0 Å². The lowest BCUT2D eigenvalue weighted by atomic mass is 10.3. The maximum absolute atomic E-state index is 13.1. The van der Waals surface area contributed by atoms with E-state index >= 15 is 0 Å². The second-order valence-corrected chi connectivity index (χ2v) is 3.32. The number of hydrogen-bond donors (Lipinski definition) is 2. The summed E-state index contributed by atoms with van der Waals surface area (Å²) in [7, 11) is 0. The van der Waals surface area contributed by atoms with Gasteiger partial charge in [0, 0.05) is 6.07 Å². The van der Waals surface area contributed by atoms with Crippen LogP contribution in [0.5, 0.6) is 5.75 Å². The van der Waals surface area contributed by atoms with Gasteiger partial charge in [-0.1, -0.05) is 6.92 Å². The van der Waals surface area contributed by atoms with Crippen LogP contribution in [-0.2, 0) is 0 Å². The molecule has 16 heavy (non-hydrogen) atoms. The Labute approximate surface area is 93.0 Å². The fourth-order valence-corrected chi connectivity index (χ4v) is 1.25. The Bertz CT molecular complexity index is 334. The van der Waals surface area contributed by atoms with Crippen LogP contribution < -0.4 is 10.1 Å². The van der Waals surface area contributed by atoms with Gasteiger partial charge in [0.2, 0.25) is 0 Å². The van der Waals surface area contributed by atoms with Crippen LogP contribution in [0.25, 0.3) is 0 Å². The first-order valence-corrected chi connectivity index (χ1v) is 5.09. The van der Waals surface area contributed by atoms with Gasteiger partial charge in [-0.3, -0.25) is 0 Å². The van der Waals surface area contributed by atoms with Gasteiger partial charge in [0.25, 0.3) is 0 Å². The summed E-state index contributed by atoms with van der Waals surface area (Å²) in [4.78, 5) is 0. The Kier molecular flexibility index (Phi) is 5.14. The third-order valence-corrected chi connectivity index (χ3v) is 2.05. The summed E-state index contributed by atoms with van der Waals surface area (Å²) in [6.07, 6.45) is 0. The first-order chi connectivity index (χ1) is 7.67. The van der Waals surface area contributed by atoms with Gasteiger partial charge >= 0.3 is 0 Å². The van der Waals surface area contributed by atoms with Gasteiger partial charge in [-0.25, -0.2) is 8.78 Å². The normalized spacial score (nSPS) is 12.5. The molecule has 0 aliphatic carbocycles. The molecular weight excluding hydrogens is 216 g/mol. The highest BCUT2D eigenvalue weighted by molar-refractivity contribution is 5.24. The maximum Gasteiger partial charge on any atom is 0.167 e. The molecule has 0 spiro atoms. The summed E-state index contributed by atoms with van der Waals surface area (Å²) in [6, 6.07) is 2.86. The Hall–Kier alpha value is -1.20. The number of hydrogen-bond acceptors (Lipinski definition) is 3. The molecule has 0 saturated carbocycles. The summed E-state index contributed by atoms with van der Waals surface area (Å²) < 4.78 is 30.9. The van der Waals surface area contributed by atoms with E-state index < -0.39 is 11.6 Å². The van der Waals surface area contributed by atoms with Gasteiger partial charge in [-0.2, -0.15) is 0 Å². The van der Waals surface area contributed by atoms with Gasteiger partial charge in [-0.15, -0.1) is 0 Å². The SMILES string of the molecule is CCNC(CO)COc1ccc(F)cc1F. The molecule has 5 heteroatoms. The van der Waals surface area contributed by atoms with Crippen LogP contribution in [0, 0.1) is 11.6 Å². The van der Waals surface area contributed by atoms with Gasteiger partial charge < -0.3 is 15.2 Å². The molecule has 1 unspecified atom stereocenters. The monoisotopic (exact) mass is 231 g/mol. The van der Waals surface area contributed by atoms with E-state index in [4.69, 9.17) is 9.84 Å². The molecule has 0 aliphatic heterocycles. The minimum absolute atomic E-state index is 0.0160. The standard InChI is InChI=1S/C11H15F2NO2/c1-2-14-9(6-15)7-16-11-4-3-8(12)5-10(11)13/h3-5,9,14-15H,2,6-7H2,1H3.